The molecule has 0 saturated carbocycles. The Morgan fingerprint density at radius 2 is 1.89 bits per heavy atom. The van der Waals surface area contributed by atoms with Crippen LogP contribution >= 0.6 is 0 Å². The van der Waals surface area contributed by atoms with Crippen LogP contribution in [-0.2, 0) is 9.47 Å². The molecule has 0 N–H and O–H groups in total. The van der Waals surface area contributed by atoms with Gasteiger partial charge in [0.2, 0.25) is 0 Å². The van der Waals surface area contributed by atoms with Crippen molar-refractivity contribution in [3.63, 3.8) is 0 Å². The average Bonchev–Trinajstić information content (AvgIpc) is 3.04. The van der Waals surface area contributed by atoms with Crippen LogP contribution in [0.4, 0.5) is 10.5 Å². The Labute approximate surface area is 158 Å². The number of hydrogen-bond acceptors (Lipinski definition) is 6. The number of esters is 1. The van der Waals surface area contributed by atoms with Crippen molar-refractivity contribution in [2.45, 2.75) is 33.3 Å². The predicted molar refractivity (Wildman–Crippen MR) is 101 cm³/mol. The smallest absolute Gasteiger partial charge is 0.410 e. The van der Waals surface area contributed by atoms with E-state index in [1.54, 1.807) is 16.2 Å². The van der Waals surface area contributed by atoms with Crippen LogP contribution in [0.25, 0.3) is 5.65 Å². The summed E-state index contributed by atoms with van der Waals surface area (Å²) in [6.07, 6.45) is 3.08. The molecule has 3 rings (SSSR count). The van der Waals surface area contributed by atoms with E-state index < -0.39 is 5.60 Å². The molecule has 0 spiro atoms. The zero-order valence-corrected chi connectivity index (χ0v) is 16.3. The van der Waals surface area contributed by atoms with Crippen LogP contribution in [0.1, 0.15) is 38.2 Å². The maximum Gasteiger partial charge on any atom is 0.410 e. The molecule has 1 aliphatic heterocycles. The normalized spacial score (nSPS) is 15.1. The Balaban J connectivity index is 1.67. The Bertz CT molecular complexity index is 832. The second-order valence-corrected chi connectivity index (χ2v) is 7.43. The van der Waals surface area contributed by atoms with E-state index in [1.165, 1.54) is 6.20 Å². The van der Waals surface area contributed by atoms with Crippen LogP contribution in [-0.4, -0.2) is 64.7 Å². The standard InChI is InChI=1S/C19H26N4O4/c1-5-26-17(24)15-13-20-16-12-14(6-7-23(15)16)21-8-10-22(11-9-21)18(25)27-19(2,3)4/h6-7,12-13H,5,8-11H2,1-4H3. The average molecular weight is 374 g/mol. The van der Waals surface area contributed by atoms with Crippen molar-refractivity contribution in [3.8, 4) is 0 Å². The van der Waals surface area contributed by atoms with E-state index >= 15 is 0 Å². The van der Waals surface area contributed by atoms with E-state index in [0.717, 1.165) is 5.69 Å². The van der Waals surface area contributed by atoms with Gasteiger partial charge in [0.05, 0.1) is 12.8 Å². The van der Waals surface area contributed by atoms with Gasteiger partial charge in [0, 0.05) is 44.1 Å². The summed E-state index contributed by atoms with van der Waals surface area (Å²) < 4.78 is 12.2. The van der Waals surface area contributed by atoms with Gasteiger partial charge in [0.25, 0.3) is 0 Å². The molecular weight excluding hydrogens is 348 g/mol. The Kier molecular flexibility index (Phi) is 5.25. The van der Waals surface area contributed by atoms with Gasteiger partial charge in [-0.1, -0.05) is 0 Å². The van der Waals surface area contributed by atoms with Crippen LogP contribution in [0.5, 0.6) is 0 Å². The molecule has 3 heterocycles. The van der Waals surface area contributed by atoms with Gasteiger partial charge in [-0.05, 0) is 33.8 Å². The number of piperazine rings is 1. The van der Waals surface area contributed by atoms with Crippen molar-refractivity contribution in [3.05, 3.63) is 30.2 Å². The molecule has 0 unspecified atom stereocenters. The van der Waals surface area contributed by atoms with Gasteiger partial charge in [-0.25, -0.2) is 14.6 Å². The quantitative estimate of drug-likeness (QED) is 0.769. The minimum absolute atomic E-state index is 0.273. The largest absolute Gasteiger partial charge is 0.461 e. The lowest BCUT2D eigenvalue weighted by Crippen LogP contribution is -2.50. The lowest BCUT2D eigenvalue weighted by Gasteiger charge is -2.36. The number of imidazole rings is 1. The molecule has 27 heavy (non-hydrogen) atoms. The van der Waals surface area contributed by atoms with Crippen molar-refractivity contribution in [2.24, 2.45) is 0 Å². The number of rotatable bonds is 3. The third-order valence-electron chi connectivity index (χ3n) is 4.28. The molecule has 1 saturated heterocycles. The fraction of sp³-hybridized carbons (Fsp3) is 0.526. The number of hydrogen-bond donors (Lipinski definition) is 0. The lowest BCUT2D eigenvalue weighted by atomic mass is 10.2. The molecule has 1 amide bonds. The lowest BCUT2D eigenvalue weighted by molar-refractivity contribution is 0.0240. The maximum atomic E-state index is 12.2. The summed E-state index contributed by atoms with van der Waals surface area (Å²) >= 11 is 0. The Morgan fingerprint density at radius 3 is 2.52 bits per heavy atom. The number of nitrogens with zero attached hydrogens (tertiary/aromatic N) is 4. The second kappa shape index (κ2) is 7.46. The van der Waals surface area contributed by atoms with Crippen molar-refractivity contribution < 1.29 is 19.1 Å². The highest BCUT2D eigenvalue weighted by Gasteiger charge is 2.26. The maximum absolute atomic E-state index is 12.2. The van der Waals surface area contributed by atoms with Crippen LogP contribution in [0.15, 0.2) is 24.5 Å². The monoisotopic (exact) mass is 374 g/mol. The molecule has 2 aromatic heterocycles. The number of ether oxygens (including phenoxy) is 2. The second-order valence-electron chi connectivity index (χ2n) is 7.43. The van der Waals surface area contributed by atoms with E-state index in [9.17, 15) is 9.59 Å². The number of aromatic nitrogens is 2. The van der Waals surface area contributed by atoms with Gasteiger partial charge in [-0.15, -0.1) is 0 Å². The molecular formula is C19H26N4O4. The van der Waals surface area contributed by atoms with Gasteiger partial charge < -0.3 is 19.3 Å². The molecule has 0 aliphatic carbocycles. The van der Waals surface area contributed by atoms with Gasteiger partial charge >= 0.3 is 12.1 Å². The molecule has 8 nitrogen and oxygen atoms in total. The van der Waals surface area contributed by atoms with E-state index in [4.69, 9.17) is 9.47 Å². The first kappa shape index (κ1) is 19.0. The first-order valence-corrected chi connectivity index (χ1v) is 9.15. The van der Waals surface area contributed by atoms with Crippen LogP contribution in [0.2, 0.25) is 0 Å². The Morgan fingerprint density at radius 1 is 1.19 bits per heavy atom. The number of carbonyl (C=O) groups excluding carboxylic acids is 2. The number of amides is 1. The Hall–Kier alpha value is -2.77. The number of pyridine rings is 1. The minimum Gasteiger partial charge on any atom is -0.461 e. The first-order chi connectivity index (χ1) is 12.8. The summed E-state index contributed by atoms with van der Waals surface area (Å²) in [5.74, 6) is -0.385. The molecule has 0 radical (unpaired) electrons. The van der Waals surface area contributed by atoms with E-state index in [2.05, 4.69) is 9.88 Å². The van der Waals surface area contributed by atoms with Crippen LogP contribution in [0, 0.1) is 0 Å². The zero-order valence-electron chi connectivity index (χ0n) is 16.3. The summed E-state index contributed by atoms with van der Waals surface area (Å²) in [5, 5.41) is 0. The molecule has 0 bridgehead atoms. The molecule has 0 atom stereocenters. The first-order valence-electron chi connectivity index (χ1n) is 9.15. The zero-order chi connectivity index (χ0) is 19.6. The SMILES string of the molecule is CCOC(=O)c1cnc2cc(N3CCN(C(=O)OC(C)(C)C)CC3)ccn12. The number of carbonyl (C=O) groups is 2. The molecule has 0 aromatic carbocycles. The summed E-state index contributed by atoms with van der Waals surface area (Å²) in [7, 11) is 0. The molecule has 2 aromatic rings. The third kappa shape index (κ3) is 4.32. The number of anilines is 1. The fourth-order valence-electron chi connectivity index (χ4n) is 3.00. The summed E-state index contributed by atoms with van der Waals surface area (Å²) in [4.78, 5) is 32.4. The summed E-state index contributed by atoms with van der Waals surface area (Å²) in [6.45, 7) is 10.3. The van der Waals surface area contributed by atoms with Gasteiger partial charge in [0.1, 0.15) is 11.2 Å². The third-order valence-corrected chi connectivity index (χ3v) is 4.28. The van der Waals surface area contributed by atoms with Crippen LogP contribution < -0.4 is 4.90 Å². The molecule has 1 aliphatic rings. The van der Waals surface area contributed by atoms with Crippen molar-refractivity contribution in [2.75, 3.05) is 37.7 Å². The van der Waals surface area contributed by atoms with Gasteiger partial charge in [-0.3, -0.25) is 4.40 Å². The predicted octanol–water partition coefficient (Wildman–Crippen LogP) is 2.57. The molecule has 8 heteroatoms. The van der Waals surface area contributed by atoms with E-state index in [1.807, 2.05) is 39.1 Å². The fourth-order valence-corrected chi connectivity index (χ4v) is 3.00. The van der Waals surface area contributed by atoms with Crippen LogP contribution in [0.3, 0.4) is 0 Å². The number of fused-ring (bicyclic) bond motifs is 1. The van der Waals surface area contributed by atoms with Gasteiger partial charge in [0.15, 0.2) is 5.69 Å². The minimum atomic E-state index is -0.490. The highest BCUT2D eigenvalue weighted by atomic mass is 16.6. The van der Waals surface area contributed by atoms with E-state index in [-0.39, 0.29) is 12.1 Å². The van der Waals surface area contributed by atoms with E-state index in [0.29, 0.717) is 44.1 Å². The van der Waals surface area contributed by atoms with Crippen molar-refractivity contribution >= 4 is 23.4 Å². The van der Waals surface area contributed by atoms with Gasteiger partial charge in [-0.2, -0.15) is 0 Å². The highest BCUT2D eigenvalue weighted by molar-refractivity contribution is 5.88. The summed E-state index contributed by atoms with van der Waals surface area (Å²) in [5.41, 5.74) is 1.61. The molecule has 146 valence electrons. The highest BCUT2D eigenvalue weighted by Crippen LogP contribution is 2.20. The topological polar surface area (TPSA) is 76.4 Å². The van der Waals surface area contributed by atoms with Crippen molar-refractivity contribution in [1.82, 2.24) is 14.3 Å². The van der Waals surface area contributed by atoms with Crippen molar-refractivity contribution in [1.29, 1.82) is 0 Å². The molecule has 1 fully saturated rings. The summed E-state index contributed by atoms with van der Waals surface area (Å²) in [6, 6.07) is 3.88.